The van der Waals surface area contributed by atoms with E-state index in [0.717, 1.165) is 31.2 Å². The van der Waals surface area contributed by atoms with E-state index in [9.17, 15) is 13.2 Å². The number of fused-ring (bicyclic) bond motifs is 6. The summed E-state index contributed by atoms with van der Waals surface area (Å²) in [5.41, 5.74) is 2.14. The third-order valence-electron chi connectivity index (χ3n) is 5.91. The van der Waals surface area contributed by atoms with E-state index in [1.807, 2.05) is 6.07 Å². The highest BCUT2D eigenvalue weighted by Gasteiger charge is 2.24. The summed E-state index contributed by atoms with van der Waals surface area (Å²) < 4.78 is 30.2. The summed E-state index contributed by atoms with van der Waals surface area (Å²) in [4.78, 5) is 24.9. The van der Waals surface area contributed by atoms with Gasteiger partial charge in [0.1, 0.15) is 4.83 Å². The van der Waals surface area contributed by atoms with E-state index in [0.29, 0.717) is 26.3 Å². The van der Waals surface area contributed by atoms with Crippen molar-refractivity contribution >= 4 is 65.7 Å². The van der Waals surface area contributed by atoms with Crippen LogP contribution in [0, 0.1) is 0 Å². The molecule has 6 rings (SSSR count). The Labute approximate surface area is 197 Å². The van der Waals surface area contributed by atoms with Crippen LogP contribution in [0.3, 0.4) is 0 Å². The molecule has 5 aromatic rings. The zero-order valence-electron chi connectivity index (χ0n) is 17.2. The molecule has 0 fully saturated rings. The standard InChI is InChI=1S/C23H17ClN4O3S2/c24-13-9-11-14(12-10-13)33(30,31)27-20-21-26-22-19(15-5-1-4-8-18(15)32-22)23(29)28(21)17-7-3-2-6-16(17)25-20/h2-3,6-7,9-12H,1,4-5,8H2,(H,25,27). The minimum atomic E-state index is -3.98. The van der Waals surface area contributed by atoms with Gasteiger partial charge in [0.05, 0.1) is 21.3 Å². The lowest BCUT2D eigenvalue weighted by atomic mass is 9.97. The summed E-state index contributed by atoms with van der Waals surface area (Å²) >= 11 is 7.42. The van der Waals surface area contributed by atoms with Crippen LogP contribution >= 0.6 is 22.9 Å². The predicted molar refractivity (Wildman–Crippen MR) is 131 cm³/mol. The summed E-state index contributed by atoms with van der Waals surface area (Å²) in [5.74, 6) is 0.00835. The molecule has 0 saturated carbocycles. The van der Waals surface area contributed by atoms with Crippen LogP contribution in [0.15, 0.2) is 58.2 Å². The van der Waals surface area contributed by atoms with Crippen molar-refractivity contribution in [3.05, 3.63) is 74.3 Å². The van der Waals surface area contributed by atoms with Gasteiger partial charge in [-0.15, -0.1) is 11.3 Å². The van der Waals surface area contributed by atoms with Crippen molar-refractivity contribution in [2.75, 3.05) is 4.72 Å². The summed E-state index contributed by atoms with van der Waals surface area (Å²) in [6.07, 6.45) is 3.94. The van der Waals surface area contributed by atoms with E-state index in [-0.39, 0.29) is 21.9 Å². The molecule has 1 aliphatic rings. The van der Waals surface area contributed by atoms with Gasteiger partial charge in [0, 0.05) is 9.90 Å². The fourth-order valence-electron chi connectivity index (χ4n) is 4.37. The summed E-state index contributed by atoms with van der Waals surface area (Å²) in [7, 11) is -3.98. The minimum Gasteiger partial charge on any atom is -0.268 e. The van der Waals surface area contributed by atoms with Crippen molar-refractivity contribution in [3.8, 4) is 0 Å². The van der Waals surface area contributed by atoms with Gasteiger partial charge < -0.3 is 0 Å². The number of aromatic nitrogens is 3. The van der Waals surface area contributed by atoms with Crippen molar-refractivity contribution in [2.45, 2.75) is 30.6 Å². The van der Waals surface area contributed by atoms with Gasteiger partial charge in [-0.2, -0.15) is 0 Å². The van der Waals surface area contributed by atoms with Crippen LogP contribution < -0.4 is 10.3 Å². The van der Waals surface area contributed by atoms with Gasteiger partial charge in [0.25, 0.3) is 15.6 Å². The van der Waals surface area contributed by atoms with Gasteiger partial charge in [-0.3, -0.25) is 13.9 Å². The largest absolute Gasteiger partial charge is 0.268 e. The maximum atomic E-state index is 13.8. The van der Waals surface area contributed by atoms with Crippen LogP contribution in [0.1, 0.15) is 23.3 Å². The van der Waals surface area contributed by atoms with Gasteiger partial charge in [0.2, 0.25) is 0 Å². The number of nitrogens with zero attached hydrogens (tertiary/aromatic N) is 3. The Morgan fingerprint density at radius 1 is 1.00 bits per heavy atom. The SMILES string of the molecule is O=c1c2c3c(sc2nc2c(NS(=O)(=O)c4ccc(Cl)cc4)nc4ccccc4n12)CCCC3. The number of hydrogen-bond donors (Lipinski definition) is 1. The number of halogens is 1. The fraction of sp³-hybridized carbons (Fsp3) is 0.174. The van der Waals surface area contributed by atoms with Crippen molar-refractivity contribution in [1.82, 2.24) is 14.4 Å². The molecule has 0 radical (unpaired) electrons. The quantitative estimate of drug-likeness (QED) is 0.362. The molecule has 1 N–H and O–H groups in total. The van der Waals surface area contributed by atoms with Gasteiger partial charge >= 0.3 is 0 Å². The van der Waals surface area contributed by atoms with Gasteiger partial charge in [0.15, 0.2) is 11.5 Å². The fourth-order valence-corrected chi connectivity index (χ4v) is 6.76. The van der Waals surface area contributed by atoms with E-state index in [1.54, 1.807) is 18.2 Å². The van der Waals surface area contributed by atoms with Crippen molar-refractivity contribution in [1.29, 1.82) is 0 Å². The molecule has 0 aliphatic heterocycles. The van der Waals surface area contributed by atoms with Crippen molar-refractivity contribution in [3.63, 3.8) is 0 Å². The van der Waals surface area contributed by atoms with E-state index in [2.05, 4.69) is 9.71 Å². The Kier molecular flexibility index (Phi) is 4.69. The molecule has 1 aliphatic carbocycles. The first-order valence-corrected chi connectivity index (χ1v) is 13.1. The Hall–Kier alpha value is -3.01. The Balaban J connectivity index is 1.66. The Morgan fingerprint density at radius 3 is 2.58 bits per heavy atom. The highest BCUT2D eigenvalue weighted by atomic mass is 35.5. The third kappa shape index (κ3) is 3.30. The third-order valence-corrected chi connectivity index (χ3v) is 8.70. The maximum absolute atomic E-state index is 13.8. The van der Waals surface area contributed by atoms with Crippen LogP contribution in [0.2, 0.25) is 5.02 Å². The molecule has 0 bridgehead atoms. The van der Waals surface area contributed by atoms with Gasteiger partial charge in [-0.1, -0.05) is 23.7 Å². The van der Waals surface area contributed by atoms with Gasteiger partial charge in [-0.25, -0.2) is 18.4 Å². The topological polar surface area (TPSA) is 93.4 Å². The lowest BCUT2D eigenvalue weighted by molar-refractivity contribution is 0.601. The molecular formula is C23H17ClN4O3S2. The van der Waals surface area contributed by atoms with E-state index < -0.39 is 10.0 Å². The van der Waals surface area contributed by atoms with E-state index in [1.165, 1.54) is 44.9 Å². The number of hydrogen-bond acceptors (Lipinski definition) is 6. The number of aryl methyl sites for hydroxylation is 2. The second-order valence-corrected chi connectivity index (χ2v) is 11.2. The maximum Gasteiger partial charge on any atom is 0.267 e. The van der Waals surface area contributed by atoms with Crippen molar-refractivity contribution < 1.29 is 8.42 Å². The molecule has 0 amide bonds. The van der Waals surface area contributed by atoms with Crippen LogP contribution in [-0.2, 0) is 22.9 Å². The zero-order chi connectivity index (χ0) is 22.7. The summed E-state index contributed by atoms with van der Waals surface area (Å²) in [6.45, 7) is 0. The average Bonchev–Trinajstić information content (AvgIpc) is 3.18. The number of anilines is 1. The molecule has 7 nitrogen and oxygen atoms in total. The second-order valence-electron chi connectivity index (χ2n) is 7.98. The Bertz CT molecular complexity index is 1740. The number of rotatable bonds is 3. The van der Waals surface area contributed by atoms with E-state index >= 15 is 0 Å². The number of sulfonamides is 1. The lowest BCUT2D eigenvalue weighted by Gasteiger charge is -2.13. The van der Waals surface area contributed by atoms with Crippen molar-refractivity contribution in [2.24, 2.45) is 0 Å². The molecular weight excluding hydrogens is 480 g/mol. The predicted octanol–water partition coefficient (Wildman–Crippen LogP) is 4.79. The van der Waals surface area contributed by atoms with Crippen LogP contribution in [0.4, 0.5) is 5.82 Å². The van der Waals surface area contributed by atoms with E-state index in [4.69, 9.17) is 16.6 Å². The molecule has 166 valence electrons. The summed E-state index contributed by atoms with van der Waals surface area (Å²) in [5, 5.41) is 1.07. The lowest BCUT2D eigenvalue weighted by Crippen LogP contribution is -2.21. The minimum absolute atomic E-state index is 0.00835. The molecule has 3 aromatic heterocycles. The van der Waals surface area contributed by atoms with Crippen LogP contribution in [0.5, 0.6) is 0 Å². The molecule has 33 heavy (non-hydrogen) atoms. The highest BCUT2D eigenvalue weighted by molar-refractivity contribution is 7.92. The number of benzene rings is 2. The Morgan fingerprint density at radius 2 is 1.76 bits per heavy atom. The number of para-hydroxylation sites is 2. The number of nitrogens with one attached hydrogen (secondary N) is 1. The molecule has 0 unspecified atom stereocenters. The average molecular weight is 497 g/mol. The molecule has 3 heterocycles. The highest BCUT2D eigenvalue weighted by Crippen LogP contribution is 2.35. The van der Waals surface area contributed by atoms with Crippen LogP contribution in [0.25, 0.3) is 26.9 Å². The summed E-state index contributed by atoms with van der Waals surface area (Å²) in [6, 6.07) is 13.0. The van der Waals surface area contributed by atoms with Gasteiger partial charge in [-0.05, 0) is 67.6 Å². The molecule has 10 heteroatoms. The molecule has 0 spiro atoms. The second kappa shape index (κ2) is 7.51. The first-order valence-electron chi connectivity index (χ1n) is 10.5. The number of thiophene rings is 1. The van der Waals surface area contributed by atoms with Crippen LogP contribution in [-0.4, -0.2) is 22.8 Å². The monoisotopic (exact) mass is 496 g/mol. The first kappa shape index (κ1) is 20.6. The molecule has 2 aromatic carbocycles. The molecule has 0 atom stereocenters. The first-order chi connectivity index (χ1) is 15.9. The smallest absolute Gasteiger partial charge is 0.267 e. The zero-order valence-corrected chi connectivity index (χ0v) is 19.6. The molecule has 0 saturated heterocycles. The normalized spacial score (nSPS) is 14.1.